The molecule has 0 aromatic carbocycles. The molecule has 0 amide bonds. The van der Waals surface area contributed by atoms with E-state index < -0.39 is 10.0 Å². The average molecular weight is 313 g/mol. The van der Waals surface area contributed by atoms with Crippen molar-refractivity contribution in [3.05, 3.63) is 18.0 Å². The molecule has 0 saturated heterocycles. The maximum atomic E-state index is 12.7. The highest BCUT2D eigenvalue weighted by Crippen LogP contribution is 2.22. The third-order valence-electron chi connectivity index (χ3n) is 4.24. The number of nitrogens with one attached hydrogen (secondary N) is 1. The lowest BCUT2D eigenvalue weighted by Crippen LogP contribution is -2.34. The van der Waals surface area contributed by atoms with E-state index >= 15 is 0 Å². The molecule has 1 aromatic rings. The SMILES string of the molecule is CCCC(C)N(C)S(=O)(=O)c1cc(CNC2CC2)n(C)c1. The van der Waals surface area contributed by atoms with E-state index in [2.05, 4.69) is 12.2 Å². The molecule has 1 aromatic heterocycles. The summed E-state index contributed by atoms with van der Waals surface area (Å²) in [6.45, 7) is 4.76. The quantitative estimate of drug-likeness (QED) is 0.799. The van der Waals surface area contributed by atoms with Gasteiger partial charge in [-0.15, -0.1) is 0 Å². The molecule has 1 N–H and O–H groups in total. The predicted molar refractivity (Wildman–Crippen MR) is 84.6 cm³/mol. The lowest BCUT2D eigenvalue weighted by Gasteiger charge is -2.23. The lowest BCUT2D eigenvalue weighted by molar-refractivity contribution is 0.368. The Morgan fingerprint density at radius 3 is 2.71 bits per heavy atom. The van der Waals surface area contributed by atoms with Gasteiger partial charge in [-0.05, 0) is 32.3 Å². The van der Waals surface area contributed by atoms with Crippen LogP contribution in [0.4, 0.5) is 0 Å². The second-order valence-electron chi connectivity index (χ2n) is 6.09. The maximum absolute atomic E-state index is 12.7. The Bertz CT molecular complexity index is 576. The molecular weight excluding hydrogens is 286 g/mol. The Morgan fingerprint density at radius 1 is 1.48 bits per heavy atom. The Hall–Kier alpha value is -0.850. The zero-order valence-corrected chi connectivity index (χ0v) is 14.3. The van der Waals surface area contributed by atoms with E-state index in [-0.39, 0.29) is 6.04 Å². The van der Waals surface area contributed by atoms with Crippen LogP contribution < -0.4 is 5.32 Å². The standard InChI is InChI=1S/C15H27N3O2S/c1-5-6-12(2)18(4)21(19,20)15-9-14(17(3)11-15)10-16-13-7-8-13/h9,11-13,16H,5-8,10H2,1-4H3. The van der Waals surface area contributed by atoms with Crippen LogP contribution in [-0.2, 0) is 23.6 Å². The molecular formula is C15H27N3O2S. The molecule has 1 saturated carbocycles. The molecule has 1 atom stereocenters. The highest BCUT2D eigenvalue weighted by molar-refractivity contribution is 7.89. The van der Waals surface area contributed by atoms with Crippen LogP contribution >= 0.6 is 0 Å². The minimum absolute atomic E-state index is 0.0215. The Labute approximate surface area is 128 Å². The number of nitrogens with zero attached hydrogens (tertiary/aromatic N) is 2. The smallest absolute Gasteiger partial charge is 0.244 e. The topological polar surface area (TPSA) is 54.3 Å². The molecule has 120 valence electrons. The van der Waals surface area contributed by atoms with Gasteiger partial charge in [0, 0.05) is 44.6 Å². The molecule has 6 heteroatoms. The molecule has 0 aliphatic heterocycles. The molecule has 2 rings (SSSR count). The van der Waals surface area contributed by atoms with Gasteiger partial charge in [-0.3, -0.25) is 0 Å². The van der Waals surface area contributed by atoms with Gasteiger partial charge in [-0.2, -0.15) is 4.31 Å². The van der Waals surface area contributed by atoms with Crippen LogP contribution in [-0.4, -0.2) is 36.4 Å². The summed E-state index contributed by atoms with van der Waals surface area (Å²) in [4.78, 5) is 0.392. The van der Waals surface area contributed by atoms with Gasteiger partial charge in [-0.25, -0.2) is 8.42 Å². The molecule has 21 heavy (non-hydrogen) atoms. The monoisotopic (exact) mass is 313 g/mol. The lowest BCUT2D eigenvalue weighted by atomic mass is 10.2. The Balaban J connectivity index is 2.13. The first-order chi connectivity index (χ1) is 9.86. The van der Waals surface area contributed by atoms with Crippen LogP contribution in [0.5, 0.6) is 0 Å². The van der Waals surface area contributed by atoms with Gasteiger partial charge in [0.25, 0.3) is 0 Å². The van der Waals surface area contributed by atoms with Crippen LogP contribution in [0.2, 0.25) is 0 Å². The Kier molecular flexibility index (Phi) is 5.11. The van der Waals surface area contributed by atoms with Crippen molar-refractivity contribution in [2.24, 2.45) is 7.05 Å². The molecule has 1 heterocycles. The second kappa shape index (κ2) is 6.50. The summed E-state index contributed by atoms with van der Waals surface area (Å²) < 4.78 is 28.7. The second-order valence-corrected chi connectivity index (χ2v) is 8.09. The van der Waals surface area contributed by atoms with Gasteiger partial charge in [-0.1, -0.05) is 13.3 Å². The zero-order valence-electron chi connectivity index (χ0n) is 13.5. The van der Waals surface area contributed by atoms with Crippen molar-refractivity contribution in [2.75, 3.05) is 7.05 Å². The molecule has 1 unspecified atom stereocenters. The first kappa shape index (κ1) is 16.5. The molecule has 5 nitrogen and oxygen atoms in total. The first-order valence-corrected chi connectivity index (χ1v) is 9.17. The number of hydrogen-bond donors (Lipinski definition) is 1. The molecule has 1 fully saturated rings. The van der Waals surface area contributed by atoms with E-state index in [9.17, 15) is 8.42 Å². The van der Waals surface area contributed by atoms with Crippen LogP contribution in [0, 0.1) is 0 Å². The van der Waals surface area contributed by atoms with Gasteiger partial charge < -0.3 is 9.88 Å². The van der Waals surface area contributed by atoms with E-state index in [0.29, 0.717) is 10.9 Å². The minimum atomic E-state index is -3.40. The van der Waals surface area contributed by atoms with Crippen molar-refractivity contribution < 1.29 is 8.42 Å². The molecule has 1 aliphatic rings. The third kappa shape index (κ3) is 3.87. The van der Waals surface area contributed by atoms with Gasteiger partial charge in [0.15, 0.2) is 0 Å². The van der Waals surface area contributed by atoms with Gasteiger partial charge in [0.2, 0.25) is 10.0 Å². The summed E-state index contributed by atoms with van der Waals surface area (Å²) in [5, 5.41) is 3.42. The number of aryl methyl sites for hydroxylation is 1. The highest BCUT2D eigenvalue weighted by atomic mass is 32.2. The van der Waals surface area contributed by atoms with Crippen LogP contribution in [0.25, 0.3) is 0 Å². The number of rotatable bonds is 8. The molecule has 0 bridgehead atoms. The van der Waals surface area contributed by atoms with Crippen molar-refractivity contribution in [1.29, 1.82) is 0 Å². The molecule has 1 aliphatic carbocycles. The van der Waals surface area contributed by atoms with Crippen LogP contribution in [0.3, 0.4) is 0 Å². The average Bonchev–Trinajstić information content (AvgIpc) is 3.18. The van der Waals surface area contributed by atoms with Gasteiger partial charge in [0.1, 0.15) is 4.90 Å². The minimum Gasteiger partial charge on any atom is -0.352 e. The fraction of sp³-hybridized carbons (Fsp3) is 0.733. The van der Waals surface area contributed by atoms with E-state index in [0.717, 1.165) is 25.1 Å². The number of sulfonamides is 1. The van der Waals surface area contributed by atoms with E-state index in [1.165, 1.54) is 17.1 Å². The van der Waals surface area contributed by atoms with E-state index in [1.807, 2.05) is 18.5 Å². The van der Waals surface area contributed by atoms with Crippen molar-refractivity contribution in [3.8, 4) is 0 Å². The van der Waals surface area contributed by atoms with Gasteiger partial charge >= 0.3 is 0 Å². The highest BCUT2D eigenvalue weighted by Gasteiger charge is 2.27. The fourth-order valence-electron chi connectivity index (χ4n) is 2.43. The summed E-state index contributed by atoms with van der Waals surface area (Å²) >= 11 is 0. The zero-order chi connectivity index (χ0) is 15.6. The Morgan fingerprint density at radius 2 is 2.14 bits per heavy atom. The van der Waals surface area contributed by atoms with Crippen molar-refractivity contribution in [1.82, 2.24) is 14.2 Å². The van der Waals surface area contributed by atoms with Crippen LogP contribution in [0.1, 0.15) is 45.2 Å². The summed E-state index contributed by atoms with van der Waals surface area (Å²) in [7, 11) is 0.172. The fourth-order valence-corrected chi connectivity index (χ4v) is 3.92. The van der Waals surface area contributed by atoms with E-state index in [4.69, 9.17) is 0 Å². The van der Waals surface area contributed by atoms with Crippen molar-refractivity contribution >= 4 is 10.0 Å². The first-order valence-electron chi connectivity index (χ1n) is 7.73. The van der Waals surface area contributed by atoms with Gasteiger partial charge in [0.05, 0.1) is 0 Å². The normalized spacial score (nSPS) is 17.4. The maximum Gasteiger partial charge on any atom is 0.244 e. The summed E-state index contributed by atoms with van der Waals surface area (Å²) in [6, 6.07) is 2.43. The van der Waals surface area contributed by atoms with Crippen LogP contribution in [0.15, 0.2) is 17.2 Å². The van der Waals surface area contributed by atoms with Crippen molar-refractivity contribution in [2.45, 2.75) is 63.1 Å². The third-order valence-corrected chi connectivity index (χ3v) is 6.17. The summed E-state index contributed by atoms with van der Waals surface area (Å²) in [6.07, 6.45) is 6.03. The van der Waals surface area contributed by atoms with Crippen molar-refractivity contribution in [3.63, 3.8) is 0 Å². The predicted octanol–water partition coefficient (Wildman–Crippen LogP) is 2.09. The number of aromatic nitrogens is 1. The molecule has 0 spiro atoms. The van der Waals surface area contributed by atoms with E-state index in [1.54, 1.807) is 19.3 Å². The number of hydrogen-bond acceptors (Lipinski definition) is 3. The summed E-state index contributed by atoms with van der Waals surface area (Å²) in [5.41, 5.74) is 1.01. The summed E-state index contributed by atoms with van der Waals surface area (Å²) in [5.74, 6) is 0. The molecule has 0 radical (unpaired) electrons. The largest absolute Gasteiger partial charge is 0.352 e.